The lowest BCUT2D eigenvalue weighted by Gasteiger charge is -2.39. The number of amides is 1. The Hall–Kier alpha value is -2.73. The van der Waals surface area contributed by atoms with Crippen molar-refractivity contribution in [3.05, 3.63) is 53.5 Å². The van der Waals surface area contributed by atoms with E-state index >= 15 is 0 Å². The third-order valence-electron chi connectivity index (χ3n) is 5.46. The Kier molecular flexibility index (Phi) is 4.67. The van der Waals surface area contributed by atoms with Crippen LogP contribution in [0.15, 0.2) is 40.8 Å². The molecule has 5 nitrogen and oxygen atoms in total. The Balaban J connectivity index is 1.76. The van der Waals surface area contributed by atoms with Crippen LogP contribution in [-0.2, 0) is 6.42 Å². The van der Waals surface area contributed by atoms with E-state index in [4.69, 9.17) is 4.42 Å². The molecule has 2 N–H and O–H groups in total. The van der Waals surface area contributed by atoms with Gasteiger partial charge in [0.2, 0.25) is 0 Å². The number of carbonyl (C=O) groups is 1. The van der Waals surface area contributed by atoms with Gasteiger partial charge in [-0.15, -0.1) is 0 Å². The van der Waals surface area contributed by atoms with E-state index in [0.717, 1.165) is 36.3 Å². The minimum Gasteiger partial charge on any atom is -0.449 e. The van der Waals surface area contributed by atoms with Gasteiger partial charge in [0.1, 0.15) is 11.3 Å². The van der Waals surface area contributed by atoms with Gasteiger partial charge in [0, 0.05) is 11.6 Å². The van der Waals surface area contributed by atoms with Gasteiger partial charge in [-0.3, -0.25) is 4.79 Å². The van der Waals surface area contributed by atoms with Crippen molar-refractivity contribution in [1.29, 1.82) is 0 Å². The minimum absolute atomic E-state index is 0.0958. The fourth-order valence-corrected chi connectivity index (χ4v) is 3.82. The number of furan rings is 1. The van der Waals surface area contributed by atoms with Crippen LogP contribution >= 0.6 is 0 Å². The molecule has 1 aliphatic heterocycles. The smallest absolute Gasteiger partial charge is 0.290 e. The number of carbonyl (C=O) groups excluding carboxylic acids is 1. The van der Waals surface area contributed by atoms with Gasteiger partial charge in [-0.1, -0.05) is 6.92 Å². The molecule has 28 heavy (non-hydrogen) atoms. The zero-order valence-electron chi connectivity index (χ0n) is 16.5. The van der Waals surface area contributed by atoms with E-state index in [0.29, 0.717) is 23.4 Å². The van der Waals surface area contributed by atoms with Crippen molar-refractivity contribution in [2.45, 2.75) is 32.7 Å². The molecule has 3 aromatic rings. The fourth-order valence-electron chi connectivity index (χ4n) is 3.82. The average Bonchev–Trinajstić information content (AvgIpc) is 3.11. The van der Waals surface area contributed by atoms with E-state index in [1.165, 1.54) is 12.1 Å². The lowest BCUT2D eigenvalue weighted by atomic mass is 10.00. The van der Waals surface area contributed by atoms with Gasteiger partial charge in [-0.2, -0.15) is 0 Å². The first-order valence-electron chi connectivity index (χ1n) is 9.72. The summed E-state index contributed by atoms with van der Waals surface area (Å²) in [5.41, 5.74) is 3.64. The first-order chi connectivity index (χ1) is 13.4. The van der Waals surface area contributed by atoms with E-state index in [-0.39, 0.29) is 17.3 Å². The van der Waals surface area contributed by atoms with Gasteiger partial charge < -0.3 is 14.6 Å². The molecule has 4 rings (SSSR count). The number of fused-ring (bicyclic) bond motifs is 1. The summed E-state index contributed by atoms with van der Waals surface area (Å²) >= 11 is 0. The number of piperazine rings is 1. The number of benzene rings is 1. The van der Waals surface area contributed by atoms with Crippen molar-refractivity contribution in [1.82, 2.24) is 9.88 Å². The summed E-state index contributed by atoms with van der Waals surface area (Å²) < 4.78 is 19.2. The molecule has 0 unspecified atom stereocenters. The average molecular weight is 382 g/mol. The van der Waals surface area contributed by atoms with Crippen LogP contribution in [-0.4, -0.2) is 41.0 Å². The molecule has 0 spiro atoms. The zero-order valence-corrected chi connectivity index (χ0v) is 16.5. The molecule has 1 fully saturated rings. The second kappa shape index (κ2) is 7.02. The normalized spacial score (nSPS) is 16.5. The molecule has 0 radical (unpaired) electrons. The highest BCUT2D eigenvalue weighted by Crippen LogP contribution is 2.29. The number of nitrogens with two attached hydrogens (primary N) is 1. The summed E-state index contributed by atoms with van der Waals surface area (Å²) in [5.74, 6) is -0.0527. The SMILES string of the molecule is CCc1cc(-c2ccc(F)cc2)nc2cc(C(=O)N3CC[NH2+]CC3(C)C)oc12. The zero-order chi connectivity index (χ0) is 19.9. The van der Waals surface area contributed by atoms with Gasteiger partial charge in [0.15, 0.2) is 11.3 Å². The summed E-state index contributed by atoms with van der Waals surface area (Å²) in [6, 6.07) is 9.95. The maximum atomic E-state index is 13.3. The number of quaternary nitrogens is 1. The summed E-state index contributed by atoms with van der Waals surface area (Å²) in [6.07, 6.45) is 0.749. The number of halogens is 1. The molecule has 1 aromatic carbocycles. The highest BCUT2D eigenvalue weighted by molar-refractivity contribution is 5.96. The summed E-state index contributed by atoms with van der Waals surface area (Å²) in [7, 11) is 0. The lowest BCUT2D eigenvalue weighted by Crippen LogP contribution is -2.93. The maximum Gasteiger partial charge on any atom is 0.290 e. The van der Waals surface area contributed by atoms with Crippen LogP contribution in [0.5, 0.6) is 0 Å². The van der Waals surface area contributed by atoms with E-state index < -0.39 is 0 Å². The number of aromatic nitrogens is 1. The topological polar surface area (TPSA) is 63.0 Å². The molecule has 1 aliphatic rings. The van der Waals surface area contributed by atoms with Gasteiger partial charge in [-0.25, -0.2) is 9.37 Å². The molecule has 0 atom stereocenters. The van der Waals surface area contributed by atoms with Crippen molar-refractivity contribution < 1.29 is 18.9 Å². The van der Waals surface area contributed by atoms with Gasteiger partial charge in [-0.05, 0) is 56.2 Å². The maximum absolute atomic E-state index is 13.3. The Morgan fingerprint density at radius 2 is 2.04 bits per heavy atom. The Bertz CT molecular complexity index is 1020. The first-order valence-corrected chi connectivity index (χ1v) is 9.72. The molecule has 146 valence electrons. The summed E-state index contributed by atoms with van der Waals surface area (Å²) in [6.45, 7) is 8.64. The largest absolute Gasteiger partial charge is 0.449 e. The molecule has 0 saturated carbocycles. The fraction of sp³-hybridized carbons (Fsp3) is 0.364. The number of hydrogen-bond acceptors (Lipinski definition) is 3. The number of hydrogen-bond donors (Lipinski definition) is 1. The van der Waals surface area contributed by atoms with Crippen molar-refractivity contribution in [3.8, 4) is 11.3 Å². The van der Waals surface area contributed by atoms with Crippen LogP contribution in [0.25, 0.3) is 22.4 Å². The molecule has 1 amide bonds. The Morgan fingerprint density at radius 1 is 1.29 bits per heavy atom. The number of nitrogens with zero attached hydrogens (tertiary/aromatic N) is 2. The summed E-state index contributed by atoms with van der Waals surface area (Å²) in [5, 5.41) is 2.23. The Morgan fingerprint density at radius 3 is 2.71 bits per heavy atom. The van der Waals surface area contributed by atoms with E-state index in [1.54, 1.807) is 18.2 Å². The highest BCUT2D eigenvalue weighted by atomic mass is 19.1. The third-order valence-corrected chi connectivity index (χ3v) is 5.46. The lowest BCUT2D eigenvalue weighted by molar-refractivity contribution is -0.673. The standard InChI is InChI=1S/C22H24FN3O2/c1-4-14-11-17(15-5-7-16(23)8-6-15)25-18-12-19(28-20(14)18)21(27)26-10-9-24-13-22(26,2)3/h5-8,11-12,24H,4,9-10,13H2,1-3H3/p+1. The second-order valence-electron chi connectivity index (χ2n) is 7.90. The van der Waals surface area contributed by atoms with Crippen LogP contribution in [0.4, 0.5) is 4.39 Å². The van der Waals surface area contributed by atoms with Crippen LogP contribution in [0, 0.1) is 5.82 Å². The second-order valence-corrected chi connectivity index (χ2v) is 7.90. The molecular formula is C22H25FN3O2+. The number of aryl methyl sites for hydroxylation is 1. The molecule has 0 aliphatic carbocycles. The van der Waals surface area contributed by atoms with Gasteiger partial charge >= 0.3 is 0 Å². The number of pyridine rings is 1. The molecule has 2 aromatic heterocycles. The van der Waals surface area contributed by atoms with Gasteiger partial charge in [0.05, 0.1) is 30.9 Å². The predicted molar refractivity (Wildman–Crippen MR) is 106 cm³/mol. The molecule has 6 heteroatoms. The van der Waals surface area contributed by atoms with Crippen molar-refractivity contribution in [3.63, 3.8) is 0 Å². The third kappa shape index (κ3) is 3.29. The van der Waals surface area contributed by atoms with E-state index in [2.05, 4.69) is 24.1 Å². The van der Waals surface area contributed by atoms with Crippen molar-refractivity contribution >= 4 is 17.0 Å². The van der Waals surface area contributed by atoms with Crippen molar-refractivity contribution in [2.24, 2.45) is 0 Å². The van der Waals surface area contributed by atoms with E-state index in [1.807, 2.05) is 17.9 Å². The van der Waals surface area contributed by atoms with Crippen LogP contribution in [0.1, 0.15) is 36.9 Å². The van der Waals surface area contributed by atoms with Crippen LogP contribution in [0.2, 0.25) is 0 Å². The van der Waals surface area contributed by atoms with Gasteiger partial charge in [0.25, 0.3) is 5.91 Å². The molecule has 1 saturated heterocycles. The number of rotatable bonds is 3. The first kappa shape index (κ1) is 18.6. The predicted octanol–water partition coefficient (Wildman–Crippen LogP) is 2.99. The van der Waals surface area contributed by atoms with Crippen LogP contribution < -0.4 is 5.32 Å². The van der Waals surface area contributed by atoms with Crippen LogP contribution in [0.3, 0.4) is 0 Å². The summed E-state index contributed by atoms with van der Waals surface area (Å²) in [4.78, 5) is 19.7. The molecular weight excluding hydrogens is 357 g/mol. The van der Waals surface area contributed by atoms with Crippen molar-refractivity contribution in [2.75, 3.05) is 19.6 Å². The monoisotopic (exact) mass is 382 g/mol. The highest BCUT2D eigenvalue weighted by Gasteiger charge is 2.37. The Labute approximate surface area is 163 Å². The van der Waals surface area contributed by atoms with E-state index in [9.17, 15) is 9.18 Å². The quantitative estimate of drug-likeness (QED) is 0.757. The molecule has 3 heterocycles. The molecule has 0 bridgehead atoms. The minimum atomic E-state index is -0.280.